The number of anilines is 2. The summed E-state index contributed by atoms with van der Waals surface area (Å²) in [7, 11) is 0. The fourth-order valence-electron chi connectivity index (χ4n) is 1.90. The number of nitrogens with two attached hydrogens (primary N) is 1. The fraction of sp³-hybridized carbons (Fsp3) is 0.118. The summed E-state index contributed by atoms with van der Waals surface area (Å²) in [5.74, 6) is -1.35. The Hall–Kier alpha value is -2.75. The average molecular weight is 378 g/mol. The molecule has 1 amide bonds. The Morgan fingerprint density at radius 1 is 1.24 bits per heavy atom. The third-order valence-corrected chi connectivity index (χ3v) is 3.78. The highest BCUT2D eigenvalue weighted by Crippen LogP contribution is 2.28. The Labute approximate surface area is 154 Å². The minimum Gasteiger partial charge on any atom is -0.449 e. The molecule has 0 aliphatic heterocycles. The molecule has 2 rings (SSSR count). The predicted molar refractivity (Wildman–Crippen MR) is 95.5 cm³/mol. The van der Waals surface area contributed by atoms with E-state index >= 15 is 0 Å². The molecule has 2 aromatic rings. The van der Waals surface area contributed by atoms with Crippen LogP contribution in [0.4, 0.5) is 11.4 Å². The van der Waals surface area contributed by atoms with Gasteiger partial charge in [-0.1, -0.05) is 23.2 Å². The van der Waals surface area contributed by atoms with Crippen molar-refractivity contribution < 1.29 is 14.3 Å². The number of nitrogens with zero attached hydrogens (tertiary/aromatic N) is 1. The molecule has 25 heavy (non-hydrogen) atoms. The molecular formula is C17H13Cl2N3O3. The molecule has 0 fully saturated rings. The second-order valence-electron chi connectivity index (χ2n) is 5.07. The first kappa shape index (κ1) is 18.6. The summed E-state index contributed by atoms with van der Waals surface area (Å²) >= 11 is 11.7. The molecule has 0 aromatic heterocycles. The number of nitrogen functional groups attached to an aromatic ring is 1. The van der Waals surface area contributed by atoms with E-state index < -0.39 is 18.0 Å². The Balaban J connectivity index is 2.05. The number of carbonyl (C=O) groups excluding carboxylic acids is 2. The van der Waals surface area contributed by atoms with E-state index in [9.17, 15) is 9.59 Å². The highest BCUT2D eigenvalue weighted by molar-refractivity contribution is 6.37. The lowest BCUT2D eigenvalue weighted by atomic mass is 10.2. The number of hydrogen-bond acceptors (Lipinski definition) is 5. The van der Waals surface area contributed by atoms with E-state index in [1.807, 2.05) is 6.07 Å². The van der Waals surface area contributed by atoms with Crippen molar-refractivity contribution in [2.75, 3.05) is 11.1 Å². The van der Waals surface area contributed by atoms with E-state index in [1.54, 1.807) is 24.3 Å². The molecule has 0 heterocycles. The third kappa shape index (κ3) is 4.63. The smallest absolute Gasteiger partial charge is 0.341 e. The lowest BCUT2D eigenvalue weighted by Crippen LogP contribution is -2.30. The summed E-state index contributed by atoms with van der Waals surface area (Å²) in [6.07, 6.45) is -1.08. The van der Waals surface area contributed by atoms with Crippen LogP contribution in [0, 0.1) is 11.3 Å². The molecule has 0 aliphatic carbocycles. The van der Waals surface area contributed by atoms with Crippen molar-refractivity contribution in [3.63, 3.8) is 0 Å². The highest BCUT2D eigenvalue weighted by atomic mass is 35.5. The summed E-state index contributed by atoms with van der Waals surface area (Å²) in [5.41, 5.74) is 6.68. The second-order valence-corrected chi connectivity index (χ2v) is 5.92. The van der Waals surface area contributed by atoms with Crippen LogP contribution in [-0.2, 0) is 9.53 Å². The molecule has 0 saturated carbocycles. The normalized spacial score (nSPS) is 11.3. The molecule has 3 N–H and O–H groups in total. The number of halogens is 2. The number of esters is 1. The van der Waals surface area contributed by atoms with E-state index in [1.165, 1.54) is 19.1 Å². The van der Waals surface area contributed by atoms with Crippen molar-refractivity contribution >= 4 is 46.5 Å². The van der Waals surface area contributed by atoms with E-state index in [4.69, 9.17) is 38.9 Å². The summed E-state index contributed by atoms with van der Waals surface area (Å²) in [6.45, 7) is 1.42. The van der Waals surface area contributed by atoms with Crippen LogP contribution in [0.15, 0.2) is 36.4 Å². The lowest BCUT2D eigenvalue weighted by Gasteiger charge is -2.15. The number of amides is 1. The monoisotopic (exact) mass is 377 g/mol. The largest absolute Gasteiger partial charge is 0.449 e. The molecule has 2 aromatic carbocycles. The van der Waals surface area contributed by atoms with Crippen LogP contribution in [0.25, 0.3) is 0 Å². The minimum absolute atomic E-state index is 0.0180. The summed E-state index contributed by atoms with van der Waals surface area (Å²) < 4.78 is 5.11. The van der Waals surface area contributed by atoms with Gasteiger partial charge >= 0.3 is 5.97 Å². The van der Waals surface area contributed by atoms with Crippen molar-refractivity contribution in [2.24, 2.45) is 0 Å². The van der Waals surface area contributed by atoms with Gasteiger partial charge < -0.3 is 15.8 Å². The predicted octanol–water partition coefficient (Wildman–Crippen LogP) is 3.63. The van der Waals surface area contributed by atoms with Crippen LogP contribution in [0.2, 0.25) is 10.0 Å². The minimum atomic E-state index is -1.08. The first-order valence-electron chi connectivity index (χ1n) is 7.08. The van der Waals surface area contributed by atoms with E-state index in [0.29, 0.717) is 11.3 Å². The van der Waals surface area contributed by atoms with E-state index in [-0.39, 0.29) is 21.3 Å². The maximum absolute atomic E-state index is 12.2. The van der Waals surface area contributed by atoms with E-state index in [0.717, 1.165) is 0 Å². The second kappa shape index (κ2) is 7.88. The van der Waals surface area contributed by atoms with Gasteiger partial charge in [-0.05, 0) is 43.3 Å². The zero-order valence-corrected chi connectivity index (χ0v) is 14.6. The van der Waals surface area contributed by atoms with Crippen molar-refractivity contribution in [3.05, 3.63) is 57.6 Å². The molecule has 1 atom stereocenters. The van der Waals surface area contributed by atoms with Crippen molar-refractivity contribution in [3.8, 4) is 6.07 Å². The maximum Gasteiger partial charge on any atom is 0.341 e. The van der Waals surface area contributed by atoms with Crippen molar-refractivity contribution in [2.45, 2.75) is 13.0 Å². The van der Waals surface area contributed by atoms with Crippen LogP contribution >= 0.6 is 23.2 Å². The van der Waals surface area contributed by atoms with Gasteiger partial charge in [0.15, 0.2) is 6.10 Å². The molecule has 0 radical (unpaired) electrons. The SMILES string of the molecule is C[C@H](OC(=O)c1cc(Cl)cc(Cl)c1N)C(=O)Nc1ccc(C#N)cc1. The quantitative estimate of drug-likeness (QED) is 0.624. The Kier molecular flexibility index (Phi) is 5.86. The van der Waals surface area contributed by atoms with Crippen molar-refractivity contribution in [1.82, 2.24) is 0 Å². The first-order valence-corrected chi connectivity index (χ1v) is 7.84. The molecule has 128 valence electrons. The zero-order chi connectivity index (χ0) is 18.6. The molecule has 0 spiro atoms. The summed E-state index contributed by atoms with van der Waals surface area (Å²) in [5, 5.41) is 11.7. The Bertz CT molecular complexity index is 861. The summed E-state index contributed by atoms with van der Waals surface area (Å²) in [4.78, 5) is 24.3. The molecule has 0 bridgehead atoms. The number of carbonyl (C=O) groups is 2. The molecule has 0 saturated heterocycles. The van der Waals surface area contributed by atoms with Gasteiger partial charge in [0.2, 0.25) is 0 Å². The van der Waals surface area contributed by atoms with Gasteiger partial charge in [0.05, 0.1) is 27.9 Å². The topological polar surface area (TPSA) is 105 Å². The van der Waals surface area contributed by atoms with Crippen LogP contribution in [0.5, 0.6) is 0 Å². The molecular weight excluding hydrogens is 365 g/mol. The number of nitriles is 1. The number of nitrogens with one attached hydrogen (secondary N) is 1. The highest BCUT2D eigenvalue weighted by Gasteiger charge is 2.22. The van der Waals surface area contributed by atoms with Crippen LogP contribution in [0.3, 0.4) is 0 Å². The first-order chi connectivity index (χ1) is 11.8. The van der Waals surface area contributed by atoms with Crippen LogP contribution in [0.1, 0.15) is 22.8 Å². The number of benzene rings is 2. The third-order valence-electron chi connectivity index (χ3n) is 3.25. The number of rotatable bonds is 4. The Morgan fingerprint density at radius 3 is 2.48 bits per heavy atom. The molecule has 0 unspecified atom stereocenters. The number of ether oxygens (including phenoxy) is 1. The standard InChI is InChI=1S/C17H13Cl2N3O3/c1-9(16(23)22-12-4-2-10(8-20)3-5-12)25-17(24)13-6-11(18)7-14(19)15(13)21/h2-7,9H,21H2,1H3,(H,22,23)/t9-/m0/s1. The number of hydrogen-bond donors (Lipinski definition) is 2. The van der Waals surface area contributed by atoms with Gasteiger partial charge in [-0.15, -0.1) is 0 Å². The van der Waals surface area contributed by atoms with Crippen molar-refractivity contribution in [1.29, 1.82) is 5.26 Å². The molecule has 0 aliphatic rings. The van der Waals surface area contributed by atoms with Gasteiger partial charge in [-0.25, -0.2) is 4.79 Å². The van der Waals surface area contributed by atoms with Gasteiger partial charge in [0, 0.05) is 10.7 Å². The van der Waals surface area contributed by atoms with Crippen LogP contribution in [-0.4, -0.2) is 18.0 Å². The van der Waals surface area contributed by atoms with Gasteiger partial charge in [0.1, 0.15) is 0 Å². The lowest BCUT2D eigenvalue weighted by molar-refractivity contribution is -0.123. The molecule has 8 heteroatoms. The van der Waals surface area contributed by atoms with Crippen LogP contribution < -0.4 is 11.1 Å². The maximum atomic E-state index is 12.2. The van der Waals surface area contributed by atoms with Gasteiger partial charge in [0.25, 0.3) is 5.91 Å². The molecule has 6 nitrogen and oxygen atoms in total. The average Bonchev–Trinajstić information content (AvgIpc) is 2.58. The van der Waals surface area contributed by atoms with Gasteiger partial charge in [-0.2, -0.15) is 5.26 Å². The zero-order valence-electron chi connectivity index (χ0n) is 13.0. The fourth-order valence-corrected chi connectivity index (χ4v) is 2.40. The Morgan fingerprint density at radius 2 is 1.88 bits per heavy atom. The van der Waals surface area contributed by atoms with Gasteiger partial charge in [-0.3, -0.25) is 4.79 Å². The summed E-state index contributed by atoms with van der Waals surface area (Å²) in [6, 6.07) is 10.9. The van der Waals surface area contributed by atoms with E-state index in [2.05, 4.69) is 5.32 Å².